The second kappa shape index (κ2) is 7.77. The monoisotopic (exact) mass is 401 g/mol. The Morgan fingerprint density at radius 2 is 2.04 bits per heavy atom. The number of pyridine rings is 1. The van der Waals surface area contributed by atoms with E-state index >= 15 is 0 Å². The summed E-state index contributed by atoms with van der Waals surface area (Å²) in [6, 6.07) is 2.53. The lowest BCUT2D eigenvalue weighted by molar-refractivity contribution is -0.275. The predicted octanol–water partition coefficient (Wildman–Crippen LogP) is 2.84. The smallest absolute Gasteiger partial charge is 0.474 e. The standard InChI is InChI=1S/C19H26F3N3O3/c1-18(2,11-27-16-15(5-4-8-23-16)28-19(20,21)22)17(26)24-14-10-25(3)9-13(14)12-6-7-12/h4-5,8,12-14H,6-7,9-11H2,1-3H3,(H,24,26)/t13?,14-/m0/s1. The van der Waals surface area contributed by atoms with E-state index in [0.717, 1.165) is 19.2 Å². The first-order valence-corrected chi connectivity index (χ1v) is 9.38. The Labute approximate surface area is 162 Å². The van der Waals surface area contributed by atoms with Crippen LogP contribution in [0.2, 0.25) is 0 Å². The molecular formula is C19H26F3N3O3. The van der Waals surface area contributed by atoms with Crippen molar-refractivity contribution in [2.75, 3.05) is 26.7 Å². The number of alkyl halides is 3. The van der Waals surface area contributed by atoms with Crippen LogP contribution in [0.3, 0.4) is 0 Å². The Kier molecular flexibility index (Phi) is 5.74. The number of hydrogen-bond donors (Lipinski definition) is 1. The lowest BCUT2D eigenvalue weighted by Crippen LogP contribution is -2.48. The van der Waals surface area contributed by atoms with E-state index in [1.807, 2.05) is 7.05 Å². The number of carbonyl (C=O) groups is 1. The van der Waals surface area contributed by atoms with Crippen LogP contribution in [0.25, 0.3) is 0 Å². The molecule has 2 atom stereocenters. The van der Waals surface area contributed by atoms with Gasteiger partial charge in [-0.3, -0.25) is 4.79 Å². The zero-order chi connectivity index (χ0) is 20.5. The number of rotatable bonds is 7. The van der Waals surface area contributed by atoms with E-state index in [2.05, 4.69) is 19.9 Å². The van der Waals surface area contributed by atoms with E-state index in [1.54, 1.807) is 13.8 Å². The van der Waals surface area contributed by atoms with Crippen molar-refractivity contribution in [3.63, 3.8) is 0 Å². The molecule has 1 unspecified atom stereocenters. The largest absolute Gasteiger partial charge is 0.573 e. The summed E-state index contributed by atoms with van der Waals surface area (Å²) in [5.41, 5.74) is -0.942. The van der Waals surface area contributed by atoms with Gasteiger partial charge in [0.05, 0.1) is 5.41 Å². The molecule has 0 aromatic carbocycles. The molecule has 0 spiro atoms. The van der Waals surface area contributed by atoms with Crippen LogP contribution in [-0.4, -0.2) is 54.9 Å². The number of halogens is 3. The highest BCUT2D eigenvalue weighted by Gasteiger charge is 2.43. The average molecular weight is 401 g/mol. The minimum atomic E-state index is -4.85. The normalized spacial score (nSPS) is 23.5. The Bertz CT molecular complexity index is 707. The van der Waals surface area contributed by atoms with E-state index in [9.17, 15) is 18.0 Å². The van der Waals surface area contributed by atoms with Gasteiger partial charge < -0.3 is 19.7 Å². The van der Waals surface area contributed by atoms with Crippen LogP contribution >= 0.6 is 0 Å². The van der Waals surface area contributed by atoms with Crippen LogP contribution in [0, 0.1) is 17.3 Å². The van der Waals surface area contributed by atoms with Gasteiger partial charge in [-0.2, -0.15) is 0 Å². The molecule has 1 aromatic rings. The van der Waals surface area contributed by atoms with Crippen molar-refractivity contribution in [2.24, 2.45) is 17.3 Å². The first kappa shape index (κ1) is 20.7. The van der Waals surface area contributed by atoms with Crippen LogP contribution in [0.15, 0.2) is 18.3 Å². The maximum Gasteiger partial charge on any atom is 0.573 e. The van der Waals surface area contributed by atoms with Gasteiger partial charge in [-0.25, -0.2) is 4.98 Å². The summed E-state index contributed by atoms with van der Waals surface area (Å²) >= 11 is 0. The van der Waals surface area contributed by atoms with Crippen LogP contribution < -0.4 is 14.8 Å². The second-order valence-electron chi connectivity index (χ2n) is 8.33. The molecule has 0 bridgehead atoms. The zero-order valence-electron chi connectivity index (χ0n) is 16.3. The van der Waals surface area contributed by atoms with E-state index in [4.69, 9.17) is 4.74 Å². The Balaban J connectivity index is 1.60. The minimum absolute atomic E-state index is 0.0863. The number of aromatic nitrogens is 1. The first-order valence-electron chi connectivity index (χ1n) is 9.38. The highest BCUT2D eigenvalue weighted by Crippen LogP contribution is 2.41. The predicted molar refractivity (Wildman–Crippen MR) is 95.8 cm³/mol. The van der Waals surface area contributed by atoms with E-state index in [0.29, 0.717) is 11.8 Å². The number of carbonyl (C=O) groups excluding carboxylic acids is 1. The molecule has 1 N–H and O–H groups in total. The number of amides is 1. The molecule has 2 heterocycles. The molecule has 1 aromatic heterocycles. The topological polar surface area (TPSA) is 63.7 Å². The SMILES string of the molecule is CN1CC(C2CC2)[C@@H](NC(=O)C(C)(C)COc2ncccc2OC(F)(F)F)C1. The lowest BCUT2D eigenvalue weighted by Gasteiger charge is -2.28. The first-order chi connectivity index (χ1) is 13.0. The molecule has 1 amide bonds. The fourth-order valence-corrected chi connectivity index (χ4v) is 3.55. The molecule has 28 heavy (non-hydrogen) atoms. The average Bonchev–Trinajstić information content (AvgIpc) is 3.36. The fraction of sp³-hybridized carbons (Fsp3) is 0.684. The summed E-state index contributed by atoms with van der Waals surface area (Å²) in [4.78, 5) is 18.8. The lowest BCUT2D eigenvalue weighted by atomic mass is 9.91. The number of likely N-dealkylation sites (N-methyl/N-ethyl adjacent to an activating group) is 1. The van der Waals surface area contributed by atoms with Crippen molar-refractivity contribution < 1.29 is 27.4 Å². The van der Waals surface area contributed by atoms with Crippen LogP contribution in [0.4, 0.5) is 13.2 Å². The van der Waals surface area contributed by atoms with E-state index < -0.39 is 17.5 Å². The maximum absolute atomic E-state index is 12.8. The van der Waals surface area contributed by atoms with Gasteiger partial charge in [-0.1, -0.05) is 0 Å². The van der Waals surface area contributed by atoms with Gasteiger partial charge in [-0.05, 0) is 57.7 Å². The van der Waals surface area contributed by atoms with Crippen molar-refractivity contribution in [3.05, 3.63) is 18.3 Å². The molecule has 2 aliphatic rings. The van der Waals surface area contributed by atoms with E-state index in [1.165, 1.54) is 25.1 Å². The van der Waals surface area contributed by atoms with Gasteiger partial charge in [0, 0.05) is 25.3 Å². The third-order valence-corrected chi connectivity index (χ3v) is 5.24. The Morgan fingerprint density at radius 1 is 1.32 bits per heavy atom. The van der Waals surface area contributed by atoms with Gasteiger partial charge in [0.1, 0.15) is 6.61 Å². The number of nitrogens with zero attached hydrogens (tertiary/aromatic N) is 2. The number of ether oxygens (including phenoxy) is 2. The summed E-state index contributed by atoms with van der Waals surface area (Å²) in [7, 11) is 2.04. The van der Waals surface area contributed by atoms with Crippen LogP contribution in [0.5, 0.6) is 11.6 Å². The maximum atomic E-state index is 12.8. The molecule has 2 fully saturated rings. The molecule has 1 aliphatic carbocycles. The summed E-state index contributed by atoms with van der Waals surface area (Å²) in [6.07, 6.45) is -1.13. The van der Waals surface area contributed by atoms with Gasteiger partial charge in [0.15, 0.2) is 5.75 Å². The number of hydrogen-bond acceptors (Lipinski definition) is 5. The van der Waals surface area contributed by atoms with Crippen molar-refractivity contribution in [1.29, 1.82) is 0 Å². The van der Waals surface area contributed by atoms with Crippen molar-refractivity contribution >= 4 is 5.91 Å². The zero-order valence-corrected chi connectivity index (χ0v) is 16.3. The molecule has 3 rings (SSSR count). The molecule has 6 nitrogen and oxygen atoms in total. The van der Waals surface area contributed by atoms with Crippen molar-refractivity contribution in [3.8, 4) is 11.6 Å². The van der Waals surface area contributed by atoms with Crippen molar-refractivity contribution in [1.82, 2.24) is 15.2 Å². The molecular weight excluding hydrogens is 375 g/mol. The third-order valence-electron chi connectivity index (χ3n) is 5.24. The van der Waals surface area contributed by atoms with Crippen LogP contribution in [0.1, 0.15) is 26.7 Å². The molecule has 9 heteroatoms. The molecule has 1 aliphatic heterocycles. The summed E-state index contributed by atoms with van der Waals surface area (Å²) in [5, 5.41) is 3.12. The van der Waals surface area contributed by atoms with Crippen LogP contribution in [-0.2, 0) is 4.79 Å². The summed E-state index contributed by atoms with van der Waals surface area (Å²) < 4.78 is 46.9. The summed E-state index contributed by atoms with van der Waals surface area (Å²) in [6.45, 7) is 5.04. The molecule has 156 valence electrons. The van der Waals surface area contributed by atoms with Gasteiger partial charge >= 0.3 is 6.36 Å². The van der Waals surface area contributed by atoms with Gasteiger partial charge in [0.2, 0.25) is 5.91 Å². The number of nitrogens with one attached hydrogen (secondary N) is 1. The Morgan fingerprint density at radius 3 is 2.68 bits per heavy atom. The fourth-order valence-electron chi connectivity index (χ4n) is 3.55. The third kappa shape index (κ3) is 5.27. The molecule has 1 saturated carbocycles. The minimum Gasteiger partial charge on any atom is -0.474 e. The highest BCUT2D eigenvalue weighted by atomic mass is 19.4. The Hall–Kier alpha value is -2.03. The van der Waals surface area contributed by atoms with Gasteiger partial charge in [0.25, 0.3) is 5.88 Å². The van der Waals surface area contributed by atoms with Gasteiger partial charge in [-0.15, -0.1) is 13.2 Å². The summed E-state index contributed by atoms with van der Waals surface area (Å²) in [5.74, 6) is 0.112. The van der Waals surface area contributed by atoms with Crippen molar-refractivity contribution in [2.45, 2.75) is 39.1 Å². The second-order valence-corrected chi connectivity index (χ2v) is 8.33. The quantitative estimate of drug-likeness (QED) is 0.761. The van der Waals surface area contributed by atoms with E-state index in [-0.39, 0.29) is 24.4 Å². The molecule has 1 saturated heterocycles. The number of likely N-dealkylation sites (tertiary alicyclic amines) is 1. The molecule has 0 radical (unpaired) electrons. The highest BCUT2D eigenvalue weighted by molar-refractivity contribution is 5.82.